The van der Waals surface area contributed by atoms with E-state index in [1.165, 1.54) is 5.56 Å². The molecule has 1 aliphatic rings. The average molecular weight is 478 g/mol. The van der Waals surface area contributed by atoms with Crippen LogP contribution in [0.4, 0.5) is 10.5 Å². The van der Waals surface area contributed by atoms with Crippen molar-refractivity contribution in [1.29, 1.82) is 5.26 Å². The van der Waals surface area contributed by atoms with Crippen molar-refractivity contribution in [1.82, 2.24) is 5.16 Å². The summed E-state index contributed by atoms with van der Waals surface area (Å²) in [5, 5.41) is 16.2. The van der Waals surface area contributed by atoms with Gasteiger partial charge in [-0.15, -0.1) is 0 Å². The molecule has 6 nitrogen and oxygen atoms in total. The van der Waals surface area contributed by atoms with Crippen LogP contribution >= 0.6 is 0 Å². The molecule has 0 bridgehead atoms. The van der Waals surface area contributed by atoms with Crippen LogP contribution in [-0.4, -0.2) is 17.9 Å². The summed E-state index contributed by atoms with van der Waals surface area (Å²) in [5.41, 5.74) is 6.04. The van der Waals surface area contributed by atoms with Crippen molar-refractivity contribution in [2.75, 3.05) is 11.9 Å². The minimum atomic E-state index is -0.530. The summed E-state index contributed by atoms with van der Waals surface area (Å²) in [4.78, 5) is 12.4. The number of carbonyl (C=O) groups is 1. The molecule has 0 spiro atoms. The lowest BCUT2D eigenvalue weighted by Gasteiger charge is -2.09. The molecule has 4 aromatic rings. The Morgan fingerprint density at radius 3 is 2.28 bits per heavy atom. The number of amides is 1. The van der Waals surface area contributed by atoms with Crippen molar-refractivity contribution in [2.45, 2.75) is 38.0 Å². The van der Waals surface area contributed by atoms with Gasteiger partial charge in [0.25, 0.3) is 0 Å². The lowest BCUT2D eigenvalue weighted by molar-refractivity contribution is 0.160. The number of carbonyl (C=O) groups excluding carboxylic acids is 1. The number of hydrogen-bond donors (Lipinski definition) is 1. The molecule has 3 aromatic carbocycles. The fourth-order valence-electron chi connectivity index (χ4n) is 4.32. The Morgan fingerprint density at radius 2 is 1.64 bits per heavy atom. The molecule has 0 aliphatic heterocycles. The molecular weight excluding hydrogens is 450 g/mol. The number of nitrogens with one attached hydrogen (secondary N) is 1. The van der Waals surface area contributed by atoms with Crippen molar-refractivity contribution in [2.24, 2.45) is 0 Å². The van der Waals surface area contributed by atoms with Gasteiger partial charge in [0.1, 0.15) is 11.4 Å². The number of nitrogens with zero attached hydrogens (tertiary/aromatic N) is 2. The first kappa shape index (κ1) is 23.4. The predicted molar refractivity (Wildman–Crippen MR) is 138 cm³/mol. The van der Waals surface area contributed by atoms with Crippen LogP contribution in [0, 0.1) is 18.3 Å². The fourth-order valence-corrected chi connectivity index (χ4v) is 4.32. The number of aryl methyl sites for hydroxylation is 2. The van der Waals surface area contributed by atoms with E-state index in [2.05, 4.69) is 40.8 Å². The molecule has 1 saturated carbocycles. The monoisotopic (exact) mass is 477 g/mol. The fraction of sp³-hybridized carbons (Fsp3) is 0.233. The highest BCUT2D eigenvalue weighted by molar-refractivity contribution is 5.90. The Balaban J connectivity index is 1.21. The Morgan fingerprint density at radius 1 is 1.00 bits per heavy atom. The average Bonchev–Trinajstić information content (AvgIpc) is 3.65. The first-order valence-corrected chi connectivity index (χ1v) is 12.1. The van der Waals surface area contributed by atoms with E-state index in [9.17, 15) is 10.1 Å². The number of aromatic nitrogens is 1. The summed E-state index contributed by atoms with van der Waals surface area (Å²) in [7, 11) is 0. The van der Waals surface area contributed by atoms with E-state index in [-0.39, 0.29) is 5.41 Å². The molecule has 1 fully saturated rings. The van der Waals surface area contributed by atoms with Gasteiger partial charge in [0.05, 0.1) is 18.1 Å². The summed E-state index contributed by atoms with van der Waals surface area (Å²) in [6.07, 6.45) is 2.93. The van der Waals surface area contributed by atoms with Gasteiger partial charge in [0.15, 0.2) is 5.76 Å². The number of hydrogen-bond acceptors (Lipinski definition) is 5. The molecule has 1 heterocycles. The standard InChI is InChI=1S/C30H27N3O3/c1-21-27(32-29(34)35-19-5-8-22-6-3-2-4-7-22)28(36-33-21)25-11-9-23(10-12-25)24-13-15-26(16-14-24)30(20-31)17-18-30/h2-4,6-7,9-16H,5,8,17-19H2,1H3,(H,32,34). The number of ether oxygens (including phenoxy) is 1. The van der Waals surface area contributed by atoms with Crippen molar-refractivity contribution in [3.8, 4) is 28.5 Å². The molecule has 180 valence electrons. The lowest BCUT2D eigenvalue weighted by atomic mass is 9.94. The van der Waals surface area contributed by atoms with E-state index in [4.69, 9.17) is 9.26 Å². The van der Waals surface area contributed by atoms with Gasteiger partial charge in [-0.05, 0) is 54.9 Å². The molecule has 36 heavy (non-hydrogen) atoms. The summed E-state index contributed by atoms with van der Waals surface area (Å²) in [6, 6.07) is 28.7. The minimum Gasteiger partial charge on any atom is -0.449 e. The molecule has 5 rings (SSSR count). The third-order valence-corrected chi connectivity index (χ3v) is 6.66. The summed E-state index contributed by atoms with van der Waals surface area (Å²) in [5.74, 6) is 0.486. The lowest BCUT2D eigenvalue weighted by Crippen LogP contribution is -2.15. The Hall–Kier alpha value is -4.37. The molecule has 1 aromatic heterocycles. The molecule has 1 N–H and O–H groups in total. The second kappa shape index (κ2) is 10.1. The van der Waals surface area contributed by atoms with Crippen LogP contribution in [-0.2, 0) is 16.6 Å². The third kappa shape index (κ3) is 5.01. The van der Waals surface area contributed by atoms with Crippen LogP contribution < -0.4 is 5.32 Å². The molecule has 6 heteroatoms. The van der Waals surface area contributed by atoms with E-state index < -0.39 is 6.09 Å². The maximum Gasteiger partial charge on any atom is 0.411 e. The molecule has 0 atom stereocenters. The number of anilines is 1. The Kier molecular flexibility index (Phi) is 6.55. The van der Waals surface area contributed by atoms with Gasteiger partial charge in [-0.1, -0.05) is 84.0 Å². The third-order valence-electron chi connectivity index (χ3n) is 6.66. The van der Waals surface area contributed by atoms with E-state index in [1.54, 1.807) is 6.92 Å². The highest BCUT2D eigenvalue weighted by atomic mass is 16.5. The maximum absolute atomic E-state index is 12.4. The van der Waals surface area contributed by atoms with Gasteiger partial charge >= 0.3 is 6.09 Å². The molecule has 0 unspecified atom stereocenters. The van der Waals surface area contributed by atoms with Crippen LogP contribution in [0.3, 0.4) is 0 Å². The van der Waals surface area contributed by atoms with Gasteiger partial charge in [0, 0.05) is 5.56 Å². The summed E-state index contributed by atoms with van der Waals surface area (Å²) in [6.45, 7) is 2.10. The van der Waals surface area contributed by atoms with Crippen molar-refractivity contribution >= 4 is 11.8 Å². The SMILES string of the molecule is Cc1noc(-c2ccc(-c3ccc(C4(C#N)CC4)cc3)cc2)c1NC(=O)OCCCc1ccccc1. The van der Waals surface area contributed by atoms with Crippen LogP contribution in [0.25, 0.3) is 22.5 Å². The van der Waals surface area contributed by atoms with Gasteiger partial charge in [-0.25, -0.2) is 4.79 Å². The Labute approximate surface area is 210 Å². The summed E-state index contributed by atoms with van der Waals surface area (Å²) >= 11 is 0. The molecular formula is C30H27N3O3. The topological polar surface area (TPSA) is 88.2 Å². The van der Waals surface area contributed by atoms with Crippen LogP contribution in [0.15, 0.2) is 83.4 Å². The van der Waals surface area contributed by atoms with Gasteiger partial charge in [-0.3, -0.25) is 5.32 Å². The number of rotatable bonds is 8. The largest absolute Gasteiger partial charge is 0.449 e. The highest BCUT2D eigenvalue weighted by Gasteiger charge is 2.44. The summed E-state index contributed by atoms with van der Waals surface area (Å²) < 4.78 is 10.9. The van der Waals surface area contributed by atoms with E-state index in [0.29, 0.717) is 23.7 Å². The molecule has 0 radical (unpaired) electrons. The zero-order chi connectivity index (χ0) is 25.0. The van der Waals surface area contributed by atoms with E-state index in [1.807, 2.05) is 54.6 Å². The van der Waals surface area contributed by atoms with Crippen molar-refractivity contribution in [3.05, 3.63) is 95.7 Å². The van der Waals surface area contributed by atoms with Crippen LogP contribution in [0.5, 0.6) is 0 Å². The van der Waals surface area contributed by atoms with Gasteiger partial charge in [-0.2, -0.15) is 5.26 Å². The van der Waals surface area contributed by atoms with E-state index >= 15 is 0 Å². The minimum absolute atomic E-state index is 0.279. The Bertz CT molecular complexity index is 1380. The van der Waals surface area contributed by atoms with Gasteiger partial charge in [0.2, 0.25) is 0 Å². The first-order chi connectivity index (χ1) is 17.6. The van der Waals surface area contributed by atoms with Crippen LogP contribution in [0.2, 0.25) is 0 Å². The normalized spacial score (nSPS) is 13.6. The quantitative estimate of drug-likeness (QED) is 0.275. The van der Waals surface area contributed by atoms with E-state index in [0.717, 1.165) is 47.9 Å². The second-order valence-electron chi connectivity index (χ2n) is 9.17. The second-order valence-corrected chi connectivity index (χ2v) is 9.17. The van der Waals surface area contributed by atoms with Gasteiger partial charge < -0.3 is 9.26 Å². The van der Waals surface area contributed by atoms with Crippen LogP contribution in [0.1, 0.15) is 36.1 Å². The highest BCUT2D eigenvalue weighted by Crippen LogP contribution is 2.47. The molecule has 0 saturated heterocycles. The zero-order valence-electron chi connectivity index (χ0n) is 20.2. The maximum atomic E-state index is 12.4. The first-order valence-electron chi connectivity index (χ1n) is 12.1. The smallest absolute Gasteiger partial charge is 0.411 e. The molecule has 1 amide bonds. The van der Waals surface area contributed by atoms with Crippen molar-refractivity contribution < 1.29 is 14.1 Å². The van der Waals surface area contributed by atoms with Crippen molar-refractivity contribution in [3.63, 3.8) is 0 Å². The molecule has 1 aliphatic carbocycles. The number of benzene rings is 3. The zero-order valence-corrected chi connectivity index (χ0v) is 20.2. The number of nitriles is 1. The predicted octanol–water partition coefficient (Wildman–Crippen LogP) is 7.05.